The Morgan fingerprint density at radius 3 is 2.38 bits per heavy atom. The number of aliphatic carboxylic acids is 1. The Balaban J connectivity index is 2.15. The first kappa shape index (κ1) is 17.8. The van der Waals surface area contributed by atoms with Crippen LogP contribution < -0.4 is 5.32 Å². The molecule has 21 heavy (non-hydrogen) atoms. The van der Waals surface area contributed by atoms with Crippen molar-refractivity contribution in [3.8, 4) is 0 Å². The molecule has 0 bridgehead atoms. The Bertz CT molecular complexity index is 345. The fourth-order valence-electron chi connectivity index (χ4n) is 2.84. The summed E-state index contributed by atoms with van der Waals surface area (Å²) in [6.45, 7) is 5.21. The number of hydrogen-bond donors (Lipinski definition) is 2. The fourth-order valence-corrected chi connectivity index (χ4v) is 2.84. The van der Waals surface area contributed by atoms with E-state index in [1.54, 1.807) is 0 Å². The number of carboxylic acid groups (broad SMARTS) is 1. The Morgan fingerprint density at radius 2 is 1.81 bits per heavy atom. The molecule has 122 valence electrons. The second kappa shape index (κ2) is 8.25. The first-order valence-electron chi connectivity index (χ1n) is 8.04. The van der Waals surface area contributed by atoms with Crippen LogP contribution in [0.2, 0.25) is 0 Å². The number of unbranched alkanes of at least 4 members (excludes halogenated alkanes) is 2. The van der Waals surface area contributed by atoms with Crippen LogP contribution in [0.25, 0.3) is 0 Å². The van der Waals surface area contributed by atoms with Crippen LogP contribution in [0.15, 0.2) is 0 Å². The third kappa shape index (κ3) is 6.82. The van der Waals surface area contributed by atoms with Gasteiger partial charge < -0.3 is 15.3 Å². The molecule has 0 aliphatic heterocycles. The predicted octanol–water partition coefficient (Wildman–Crippen LogP) is 3.24. The lowest BCUT2D eigenvalue weighted by atomic mass is 9.75. The average Bonchev–Trinajstić information content (AvgIpc) is 2.41. The van der Waals surface area contributed by atoms with Gasteiger partial charge in [-0.2, -0.15) is 0 Å². The maximum absolute atomic E-state index is 12.1. The van der Waals surface area contributed by atoms with Crippen molar-refractivity contribution in [2.24, 2.45) is 5.41 Å². The van der Waals surface area contributed by atoms with Crippen LogP contribution in [-0.4, -0.2) is 41.6 Å². The van der Waals surface area contributed by atoms with E-state index in [-0.39, 0.29) is 12.5 Å². The smallest absolute Gasteiger partial charge is 0.317 e. The van der Waals surface area contributed by atoms with Crippen LogP contribution in [0.3, 0.4) is 0 Å². The summed E-state index contributed by atoms with van der Waals surface area (Å²) in [6, 6.07) is 0.350. The van der Waals surface area contributed by atoms with Crippen LogP contribution in [0, 0.1) is 5.41 Å². The number of amides is 2. The van der Waals surface area contributed by atoms with Gasteiger partial charge >= 0.3 is 12.0 Å². The molecular formula is C16H30N2O3. The lowest BCUT2D eigenvalue weighted by molar-refractivity contribution is -0.137. The van der Waals surface area contributed by atoms with E-state index in [0.29, 0.717) is 24.4 Å². The Morgan fingerprint density at radius 1 is 1.19 bits per heavy atom. The van der Waals surface area contributed by atoms with E-state index in [0.717, 1.165) is 25.7 Å². The summed E-state index contributed by atoms with van der Waals surface area (Å²) in [4.78, 5) is 24.3. The van der Waals surface area contributed by atoms with E-state index in [2.05, 4.69) is 19.2 Å². The molecule has 0 unspecified atom stereocenters. The number of carboxylic acids is 1. The molecule has 1 aliphatic carbocycles. The molecule has 0 spiro atoms. The van der Waals surface area contributed by atoms with Crippen molar-refractivity contribution < 1.29 is 14.7 Å². The van der Waals surface area contributed by atoms with E-state index in [1.165, 1.54) is 12.8 Å². The van der Waals surface area contributed by atoms with Crippen molar-refractivity contribution in [2.45, 2.75) is 71.3 Å². The maximum atomic E-state index is 12.1. The number of nitrogens with one attached hydrogen (secondary N) is 1. The standard InChI is InChI=1S/C16H30N2O3/c1-16(2)10-8-13(9-11-16)18(3)15(21)17-12-6-4-5-7-14(19)20/h13H,4-12H2,1-3H3,(H,17,21)(H,19,20). The summed E-state index contributed by atoms with van der Waals surface area (Å²) >= 11 is 0. The topological polar surface area (TPSA) is 69.6 Å². The molecule has 0 aromatic heterocycles. The van der Waals surface area contributed by atoms with E-state index >= 15 is 0 Å². The van der Waals surface area contributed by atoms with Crippen LogP contribution in [0.1, 0.15) is 65.2 Å². The van der Waals surface area contributed by atoms with E-state index in [4.69, 9.17) is 5.11 Å². The first-order valence-corrected chi connectivity index (χ1v) is 8.04. The SMILES string of the molecule is CN(C(=O)NCCCCCC(=O)O)C1CCC(C)(C)CC1. The highest BCUT2D eigenvalue weighted by atomic mass is 16.4. The molecule has 5 nitrogen and oxygen atoms in total. The highest BCUT2D eigenvalue weighted by Gasteiger charge is 2.30. The maximum Gasteiger partial charge on any atom is 0.317 e. The molecule has 2 N–H and O–H groups in total. The minimum absolute atomic E-state index is 0.00191. The average molecular weight is 298 g/mol. The lowest BCUT2D eigenvalue weighted by Gasteiger charge is -2.38. The minimum Gasteiger partial charge on any atom is -0.481 e. The van der Waals surface area contributed by atoms with Crippen LogP contribution in [-0.2, 0) is 4.79 Å². The molecule has 0 aromatic rings. The highest BCUT2D eigenvalue weighted by molar-refractivity contribution is 5.74. The number of carbonyl (C=O) groups is 2. The molecule has 1 aliphatic rings. The quantitative estimate of drug-likeness (QED) is 0.709. The number of carbonyl (C=O) groups excluding carboxylic acids is 1. The molecule has 0 saturated heterocycles. The van der Waals surface area contributed by atoms with Crippen LogP contribution in [0.4, 0.5) is 4.79 Å². The Kier molecular flexibility index (Phi) is 6.99. The van der Waals surface area contributed by atoms with Gasteiger partial charge in [0.15, 0.2) is 0 Å². The van der Waals surface area contributed by atoms with Crippen molar-refractivity contribution in [3.63, 3.8) is 0 Å². The fraction of sp³-hybridized carbons (Fsp3) is 0.875. The molecule has 2 amide bonds. The van der Waals surface area contributed by atoms with Gasteiger partial charge in [0.1, 0.15) is 0 Å². The van der Waals surface area contributed by atoms with E-state index < -0.39 is 5.97 Å². The van der Waals surface area contributed by atoms with Gasteiger partial charge in [-0.25, -0.2) is 4.79 Å². The molecule has 5 heteroatoms. The molecule has 1 fully saturated rings. The zero-order valence-electron chi connectivity index (χ0n) is 13.7. The van der Waals surface area contributed by atoms with Crippen LogP contribution in [0.5, 0.6) is 0 Å². The summed E-state index contributed by atoms with van der Waals surface area (Å²) in [5.41, 5.74) is 0.415. The molecule has 0 radical (unpaired) electrons. The number of urea groups is 1. The van der Waals surface area contributed by atoms with Gasteiger partial charge in [-0.05, 0) is 43.9 Å². The molecule has 0 aromatic carbocycles. The zero-order chi connectivity index (χ0) is 15.9. The number of rotatable bonds is 7. The summed E-state index contributed by atoms with van der Waals surface area (Å²) in [5.74, 6) is -0.751. The lowest BCUT2D eigenvalue weighted by Crippen LogP contribution is -2.46. The van der Waals surface area contributed by atoms with Crippen LogP contribution >= 0.6 is 0 Å². The van der Waals surface area contributed by atoms with Crippen molar-refractivity contribution in [3.05, 3.63) is 0 Å². The highest BCUT2D eigenvalue weighted by Crippen LogP contribution is 2.36. The largest absolute Gasteiger partial charge is 0.481 e. The second-order valence-corrected chi connectivity index (χ2v) is 6.94. The van der Waals surface area contributed by atoms with Crippen molar-refractivity contribution >= 4 is 12.0 Å². The Hall–Kier alpha value is -1.26. The van der Waals surface area contributed by atoms with Crippen molar-refractivity contribution in [1.29, 1.82) is 0 Å². The van der Waals surface area contributed by atoms with Gasteiger partial charge in [0.25, 0.3) is 0 Å². The zero-order valence-corrected chi connectivity index (χ0v) is 13.7. The van der Waals surface area contributed by atoms with Crippen molar-refractivity contribution in [1.82, 2.24) is 10.2 Å². The first-order chi connectivity index (χ1) is 9.82. The number of hydrogen-bond acceptors (Lipinski definition) is 2. The molecule has 0 atom stereocenters. The summed E-state index contributed by atoms with van der Waals surface area (Å²) in [7, 11) is 1.88. The van der Waals surface area contributed by atoms with E-state index in [1.807, 2.05) is 11.9 Å². The summed E-state index contributed by atoms with van der Waals surface area (Å²) in [5, 5.41) is 11.5. The third-order valence-electron chi connectivity index (χ3n) is 4.52. The summed E-state index contributed by atoms with van der Waals surface area (Å²) in [6.07, 6.45) is 7.07. The molecule has 1 rings (SSSR count). The van der Waals surface area contributed by atoms with Gasteiger partial charge in [-0.15, -0.1) is 0 Å². The Labute approximate surface area is 128 Å². The van der Waals surface area contributed by atoms with Gasteiger partial charge in [-0.1, -0.05) is 20.3 Å². The molecule has 1 saturated carbocycles. The molecule has 0 heterocycles. The monoisotopic (exact) mass is 298 g/mol. The predicted molar refractivity (Wildman–Crippen MR) is 83.3 cm³/mol. The number of nitrogens with zero attached hydrogens (tertiary/aromatic N) is 1. The third-order valence-corrected chi connectivity index (χ3v) is 4.52. The second-order valence-electron chi connectivity index (χ2n) is 6.94. The van der Waals surface area contributed by atoms with Gasteiger partial charge in [0.2, 0.25) is 0 Å². The van der Waals surface area contributed by atoms with Gasteiger partial charge in [0.05, 0.1) is 0 Å². The van der Waals surface area contributed by atoms with E-state index in [9.17, 15) is 9.59 Å². The summed E-state index contributed by atoms with van der Waals surface area (Å²) < 4.78 is 0. The normalized spacial score (nSPS) is 18.2. The van der Waals surface area contributed by atoms with Gasteiger partial charge in [-0.3, -0.25) is 4.79 Å². The van der Waals surface area contributed by atoms with Crippen molar-refractivity contribution in [2.75, 3.05) is 13.6 Å². The minimum atomic E-state index is -0.751. The molecular weight excluding hydrogens is 268 g/mol. The van der Waals surface area contributed by atoms with Gasteiger partial charge in [0, 0.05) is 26.1 Å².